The van der Waals surface area contributed by atoms with Gasteiger partial charge < -0.3 is 5.32 Å². The molecule has 1 heterocycles. The van der Waals surface area contributed by atoms with Crippen molar-refractivity contribution >= 4 is 23.4 Å². The lowest BCUT2D eigenvalue weighted by molar-refractivity contribution is -0.121. The van der Waals surface area contributed by atoms with E-state index in [2.05, 4.69) is 20.8 Å². The van der Waals surface area contributed by atoms with E-state index in [1.54, 1.807) is 4.68 Å². The lowest BCUT2D eigenvalue weighted by Gasteiger charge is -2.20. The van der Waals surface area contributed by atoms with Gasteiger partial charge in [0.1, 0.15) is 0 Å². The highest BCUT2D eigenvalue weighted by molar-refractivity contribution is 7.98. The molecule has 0 aliphatic heterocycles. The van der Waals surface area contributed by atoms with E-state index in [0.717, 1.165) is 28.9 Å². The van der Waals surface area contributed by atoms with E-state index in [1.165, 1.54) is 31.0 Å². The van der Waals surface area contributed by atoms with E-state index in [1.807, 2.05) is 30.5 Å². The van der Waals surface area contributed by atoms with Gasteiger partial charge in [0.2, 0.25) is 11.1 Å². The maximum Gasteiger partial charge on any atom is 0.227 e. The average molecular weight is 329 g/mol. The van der Waals surface area contributed by atoms with Crippen LogP contribution in [0.1, 0.15) is 25.7 Å². The lowest BCUT2D eigenvalue weighted by Crippen LogP contribution is -2.27. The van der Waals surface area contributed by atoms with Gasteiger partial charge in [-0.25, -0.2) is 0 Å². The van der Waals surface area contributed by atoms with Gasteiger partial charge in [-0.05, 0) is 66.0 Å². The van der Waals surface area contributed by atoms with E-state index in [0.29, 0.717) is 5.92 Å². The van der Waals surface area contributed by atoms with Crippen molar-refractivity contribution in [2.24, 2.45) is 17.8 Å². The quantitative estimate of drug-likeness (QED) is 0.873. The molecular formula is C16H19N5OS. The first-order valence-electron chi connectivity index (χ1n) is 7.98. The van der Waals surface area contributed by atoms with Crippen molar-refractivity contribution in [3.05, 3.63) is 24.3 Å². The van der Waals surface area contributed by atoms with E-state index in [9.17, 15) is 4.79 Å². The van der Waals surface area contributed by atoms with Gasteiger partial charge in [0.05, 0.1) is 5.69 Å². The summed E-state index contributed by atoms with van der Waals surface area (Å²) in [6.45, 7) is 0. The Balaban J connectivity index is 1.51. The molecule has 4 rings (SSSR count). The van der Waals surface area contributed by atoms with E-state index in [4.69, 9.17) is 0 Å². The fourth-order valence-corrected chi connectivity index (χ4v) is 4.42. The van der Waals surface area contributed by atoms with Crippen molar-refractivity contribution in [2.75, 3.05) is 11.6 Å². The Bertz CT molecular complexity index is 731. The van der Waals surface area contributed by atoms with Gasteiger partial charge in [-0.15, -0.1) is 5.10 Å². The third-order valence-electron chi connectivity index (χ3n) is 5.06. The van der Waals surface area contributed by atoms with Crippen LogP contribution in [0.25, 0.3) is 5.69 Å². The van der Waals surface area contributed by atoms with Crippen molar-refractivity contribution in [1.82, 2.24) is 20.2 Å². The second kappa shape index (κ2) is 5.96. The topological polar surface area (TPSA) is 72.7 Å². The molecule has 6 nitrogen and oxygen atoms in total. The maximum atomic E-state index is 12.6. The second-order valence-corrected chi connectivity index (χ2v) is 7.17. The van der Waals surface area contributed by atoms with Crippen LogP contribution >= 0.6 is 11.8 Å². The molecule has 1 aromatic carbocycles. The van der Waals surface area contributed by atoms with E-state index in [-0.39, 0.29) is 11.8 Å². The molecule has 7 heteroatoms. The Hall–Kier alpha value is -1.89. The van der Waals surface area contributed by atoms with Crippen molar-refractivity contribution < 1.29 is 4.79 Å². The summed E-state index contributed by atoms with van der Waals surface area (Å²) >= 11 is 1.48. The van der Waals surface area contributed by atoms with Gasteiger partial charge in [-0.3, -0.25) is 4.79 Å². The summed E-state index contributed by atoms with van der Waals surface area (Å²) in [6, 6.07) is 7.68. The number of aromatic nitrogens is 4. The summed E-state index contributed by atoms with van der Waals surface area (Å²) in [6.07, 6.45) is 6.74. The number of carbonyl (C=O) groups is 1. The number of anilines is 1. The number of carbonyl (C=O) groups excluding carboxylic acids is 1. The van der Waals surface area contributed by atoms with Crippen LogP contribution in [-0.2, 0) is 4.79 Å². The molecule has 1 amide bonds. The number of fused-ring (bicyclic) bond motifs is 2. The molecule has 0 radical (unpaired) electrons. The van der Waals surface area contributed by atoms with Gasteiger partial charge in [0, 0.05) is 11.6 Å². The third kappa shape index (κ3) is 2.73. The number of thioether (sulfide) groups is 1. The molecule has 1 N–H and O–H groups in total. The highest BCUT2D eigenvalue weighted by Crippen LogP contribution is 2.48. The highest BCUT2D eigenvalue weighted by atomic mass is 32.2. The zero-order chi connectivity index (χ0) is 15.8. The summed E-state index contributed by atoms with van der Waals surface area (Å²) in [5.41, 5.74) is 1.66. The van der Waals surface area contributed by atoms with Crippen LogP contribution in [0.2, 0.25) is 0 Å². The normalized spacial score (nSPS) is 25.7. The minimum absolute atomic E-state index is 0.163. The van der Waals surface area contributed by atoms with Crippen LogP contribution in [0.15, 0.2) is 29.4 Å². The minimum atomic E-state index is 0.163. The molecule has 2 bridgehead atoms. The Morgan fingerprint density at radius 3 is 3.00 bits per heavy atom. The number of hydrogen-bond donors (Lipinski definition) is 1. The van der Waals surface area contributed by atoms with Gasteiger partial charge >= 0.3 is 0 Å². The second-order valence-electron chi connectivity index (χ2n) is 6.40. The van der Waals surface area contributed by atoms with Crippen molar-refractivity contribution in [1.29, 1.82) is 0 Å². The molecule has 120 valence electrons. The van der Waals surface area contributed by atoms with Crippen LogP contribution < -0.4 is 5.32 Å². The van der Waals surface area contributed by atoms with Crippen molar-refractivity contribution in [3.63, 3.8) is 0 Å². The molecule has 1 aromatic heterocycles. The van der Waals surface area contributed by atoms with Gasteiger partial charge in [0.15, 0.2) is 0 Å². The van der Waals surface area contributed by atoms with Crippen LogP contribution in [0.4, 0.5) is 5.69 Å². The molecule has 0 saturated heterocycles. The predicted molar refractivity (Wildman–Crippen MR) is 88.5 cm³/mol. The molecule has 2 fully saturated rings. The Labute approximate surface area is 139 Å². The van der Waals surface area contributed by atoms with Crippen molar-refractivity contribution in [2.45, 2.75) is 30.8 Å². The molecule has 2 aromatic rings. The SMILES string of the molecule is CSc1nnnn1-c1cccc(NC(=O)[C@@H]2C[C@@H]3CC[C@@H]2C3)c1. The Kier molecular flexibility index (Phi) is 3.80. The number of amides is 1. The number of benzene rings is 1. The van der Waals surface area contributed by atoms with Gasteiger partial charge in [-0.1, -0.05) is 24.2 Å². The highest BCUT2D eigenvalue weighted by Gasteiger charge is 2.42. The number of nitrogens with one attached hydrogen (secondary N) is 1. The minimum Gasteiger partial charge on any atom is -0.326 e. The van der Waals surface area contributed by atoms with Crippen LogP contribution in [-0.4, -0.2) is 32.4 Å². The maximum absolute atomic E-state index is 12.6. The first-order chi connectivity index (χ1) is 11.2. The molecule has 0 unspecified atom stereocenters. The summed E-state index contributed by atoms with van der Waals surface area (Å²) in [4.78, 5) is 12.6. The summed E-state index contributed by atoms with van der Waals surface area (Å²) in [5, 5.41) is 15.5. The third-order valence-corrected chi connectivity index (χ3v) is 5.68. The zero-order valence-electron chi connectivity index (χ0n) is 13.0. The van der Waals surface area contributed by atoms with Gasteiger partial charge in [0.25, 0.3) is 0 Å². The van der Waals surface area contributed by atoms with Gasteiger partial charge in [-0.2, -0.15) is 4.68 Å². The number of tetrazole rings is 1. The fraction of sp³-hybridized carbons (Fsp3) is 0.500. The van der Waals surface area contributed by atoms with E-state index >= 15 is 0 Å². The van der Waals surface area contributed by atoms with E-state index < -0.39 is 0 Å². The van der Waals surface area contributed by atoms with Crippen molar-refractivity contribution in [3.8, 4) is 5.69 Å². The smallest absolute Gasteiger partial charge is 0.227 e. The fourth-order valence-electron chi connectivity index (χ4n) is 3.98. The number of rotatable bonds is 4. The molecule has 0 spiro atoms. The van der Waals surface area contributed by atoms with Crippen LogP contribution in [0.3, 0.4) is 0 Å². The zero-order valence-corrected chi connectivity index (χ0v) is 13.8. The monoisotopic (exact) mass is 329 g/mol. The summed E-state index contributed by atoms with van der Waals surface area (Å²) < 4.78 is 1.68. The Morgan fingerprint density at radius 1 is 1.35 bits per heavy atom. The molecule has 2 aliphatic carbocycles. The first-order valence-corrected chi connectivity index (χ1v) is 9.20. The number of nitrogens with zero attached hydrogens (tertiary/aromatic N) is 4. The lowest BCUT2D eigenvalue weighted by atomic mass is 9.88. The van der Waals surface area contributed by atoms with Crippen LogP contribution in [0, 0.1) is 17.8 Å². The first kappa shape index (κ1) is 14.7. The van der Waals surface area contributed by atoms with Crippen LogP contribution in [0.5, 0.6) is 0 Å². The molecule has 23 heavy (non-hydrogen) atoms. The predicted octanol–water partition coefficient (Wildman–Crippen LogP) is 2.76. The summed E-state index contributed by atoms with van der Waals surface area (Å²) in [7, 11) is 0. The molecular weight excluding hydrogens is 310 g/mol. The molecule has 2 saturated carbocycles. The Morgan fingerprint density at radius 2 is 2.26 bits per heavy atom. The largest absolute Gasteiger partial charge is 0.326 e. The molecule has 3 atom stereocenters. The number of hydrogen-bond acceptors (Lipinski definition) is 5. The molecule has 2 aliphatic rings. The summed E-state index contributed by atoms with van der Waals surface area (Å²) in [5.74, 6) is 1.71. The standard InChI is InChI=1S/C16H19N5OS/c1-23-16-18-19-20-21(16)13-4-2-3-12(9-13)17-15(22)14-8-10-5-6-11(14)7-10/h2-4,9-11,14H,5-8H2,1H3,(H,17,22)/t10-,11-,14-/m1/s1. The average Bonchev–Trinajstić information content (AvgIpc) is 3.30.